The zero-order chi connectivity index (χ0) is 20.7. The van der Waals surface area contributed by atoms with Gasteiger partial charge in [-0.25, -0.2) is 4.98 Å². The van der Waals surface area contributed by atoms with Crippen LogP contribution >= 0.6 is 11.3 Å². The first kappa shape index (κ1) is 19.3. The first-order valence-corrected chi connectivity index (χ1v) is 10.3. The average molecular weight is 411 g/mol. The summed E-state index contributed by atoms with van der Waals surface area (Å²) in [7, 11) is 0. The maximum absolute atomic E-state index is 12.9. The van der Waals surface area contributed by atoms with Crippen molar-refractivity contribution >= 4 is 38.9 Å². The molecule has 0 bridgehead atoms. The molecule has 0 saturated carbocycles. The van der Waals surface area contributed by atoms with Crippen LogP contribution in [0.25, 0.3) is 10.2 Å². The Labute approximate surface area is 171 Å². The van der Waals surface area contributed by atoms with E-state index >= 15 is 0 Å². The van der Waals surface area contributed by atoms with Crippen molar-refractivity contribution in [2.45, 2.75) is 33.7 Å². The Bertz CT molecular complexity index is 1190. The lowest BCUT2D eigenvalue weighted by atomic mass is 10.1. The van der Waals surface area contributed by atoms with Crippen LogP contribution < -0.4 is 15.2 Å². The van der Waals surface area contributed by atoms with Crippen molar-refractivity contribution in [3.8, 4) is 5.75 Å². The minimum absolute atomic E-state index is 0.000773. The van der Waals surface area contributed by atoms with Crippen molar-refractivity contribution in [2.24, 2.45) is 0 Å². The number of ether oxygens (including phenoxy) is 1. The number of aryl methyl sites for hydroxylation is 2. The zero-order valence-electron chi connectivity index (χ0n) is 16.5. The van der Waals surface area contributed by atoms with Gasteiger partial charge in [0.05, 0.1) is 23.9 Å². The smallest absolute Gasteiger partial charge is 0.265 e. The molecule has 8 heteroatoms. The lowest BCUT2D eigenvalue weighted by Crippen LogP contribution is -2.39. The summed E-state index contributed by atoms with van der Waals surface area (Å²) in [5.74, 6) is 0.229. The van der Waals surface area contributed by atoms with Crippen LogP contribution in [0.3, 0.4) is 0 Å². The average Bonchev–Trinajstić information content (AvgIpc) is 3.00. The van der Waals surface area contributed by atoms with Crippen LogP contribution in [0.4, 0.5) is 5.69 Å². The van der Waals surface area contributed by atoms with Gasteiger partial charge in [0, 0.05) is 17.0 Å². The molecule has 29 heavy (non-hydrogen) atoms. The van der Waals surface area contributed by atoms with E-state index in [0.717, 1.165) is 16.9 Å². The highest BCUT2D eigenvalue weighted by Crippen LogP contribution is 2.33. The lowest BCUT2D eigenvalue weighted by molar-refractivity contribution is -0.121. The number of anilines is 1. The summed E-state index contributed by atoms with van der Waals surface area (Å²) in [4.78, 5) is 45.7. The van der Waals surface area contributed by atoms with E-state index in [1.165, 1.54) is 22.2 Å². The maximum Gasteiger partial charge on any atom is 0.265 e. The Morgan fingerprint density at radius 3 is 2.83 bits per heavy atom. The fourth-order valence-corrected chi connectivity index (χ4v) is 4.46. The first-order chi connectivity index (χ1) is 13.9. The highest BCUT2D eigenvalue weighted by Gasteiger charge is 2.26. The second-order valence-corrected chi connectivity index (χ2v) is 8.28. The summed E-state index contributed by atoms with van der Waals surface area (Å²) in [5, 5.41) is 0.571. The molecule has 0 saturated heterocycles. The Kier molecular flexibility index (Phi) is 4.96. The normalized spacial score (nSPS) is 13.5. The van der Waals surface area contributed by atoms with Crippen molar-refractivity contribution in [1.82, 2.24) is 9.55 Å². The van der Waals surface area contributed by atoms with E-state index in [-0.39, 0.29) is 30.4 Å². The van der Waals surface area contributed by atoms with Gasteiger partial charge in [0.2, 0.25) is 0 Å². The molecular weight excluding hydrogens is 390 g/mol. The van der Waals surface area contributed by atoms with E-state index in [1.54, 1.807) is 23.1 Å². The number of benzene rings is 1. The van der Waals surface area contributed by atoms with Gasteiger partial charge in [-0.1, -0.05) is 6.92 Å². The molecule has 0 fully saturated rings. The van der Waals surface area contributed by atoms with Crippen molar-refractivity contribution < 1.29 is 14.3 Å². The fourth-order valence-electron chi connectivity index (χ4n) is 3.47. The van der Waals surface area contributed by atoms with Crippen LogP contribution in [-0.4, -0.2) is 34.4 Å². The number of rotatable bonds is 5. The molecule has 1 aliphatic heterocycles. The monoisotopic (exact) mass is 411 g/mol. The van der Waals surface area contributed by atoms with E-state index in [0.29, 0.717) is 33.8 Å². The van der Waals surface area contributed by atoms with Crippen LogP contribution in [0.2, 0.25) is 0 Å². The number of ketones is 1. The second-order valence-electron chi connectivity index (χ2n) is 7.08. The number of nitrogens with zero attached hydrogens (tertiary/aromatic N) is 3. The van der Waals surface area contributed by atoms with Crippen LogP contribution in [0.1, 0.15) is 34.1 Å². The third kappa shape index (κ3) is 3.33. The van der Waals surface area contributed by atoms with E-state index in [4.69, 9.17) is 4.74 Å². The Morgan fingerprint density at radius 2 is 2.07 bits per heavy atom. The zero-order valence-corrected chi connectivity index (χ0v) is 17.3. The predicted octanol–water partition coefficient (Wildman–Crippen LogP) is 3.09. The van der Waals surface area contributed by atoms with Gasteiger partial charge in [0.1, 0.15) is 10.6 Å². The number of aromatic nitrogens is 2. The number of hydrogen-bond acceptors (Lipinski definition) is 6. The van der Waals surface area contributed by atoms with Gasteiger partial charge in [-0.3, -0.25) is 19.0 Å². The summed E-state index contributed by atoms with van der Waals surface area (Å²) in [6, 6.07) is 5.04. The SMILES string of the molecule is CCCN1C(=O)COc2ccc(C(=O)Cn3cnc4sc(C)c(C)c4c3=O)cc21. The van der Waals surface area contributed by atoms with E-state index < -0.39 is 0 Å². The van der Waals surface area contributed by atoms with Gasteiger partial charge in [-0.05, 0) is 44.0 Å². The number of Topliss-reactive ketones (excluding diaryl/α,β-unsaturated/α-hetero) is 1. The molecule has 7 nitrogen and oxygen atoms in total. The van der Waals surface area contributed by atoms with Crippen molar-refractivity contribution in [3.05, 3.63) is 50.9 Å². The first-order valence-electron chi connectivity index (χ1n) is 9.46. The minimum atomic E-state index is -0.227. The molecule has 0 N–H and O–H groups in total. The number of carbonyl (C=O) groups excluding carboxylic acids is 2. The summed E-state index contributed by atoms with van der Waals surface area (Å²) in [5.41, 5.74) is 1.71. The van der Waals surface area contributed by atoms with Gasteiger partial charge in [0.15, 0.2) is 12.4 Å². The van der Waals surface area contributed by atoms with E-state index in [2.05, 4.69) is 4.98 Å². The molecule has 4 rings (SSSR count). The van der Waals surface area contributed by atoms with E-state index in [1.807, 2.05) is 20.8 Å². The number of fused-ring (bicyclic) bond motifs is 2. The predicted molar refractivity (Wildman–Crippen MR) is 112 cm³/mol. The van der Waals surface area contributed by atoms with Crippen molar-refractivity contribution in [3.63, 3.8) is 0 Å². The third-order valence-corrected chi connectivity index (χ3v) is 6.26. The molecule has 1 aliphatic rings. The molecule has 150 valence electrons. The number of hydrogen-bond donors (Lipinski definition) is 0. The Hall–Kier alpha value is -3.00. The van der Waals surface area contributed by atoms with Gasteiger partial charge in [0.25, 0.3) is 11.5 Å². The summed E-state index contributed by atoms with van der Waals surface area (Å²) >= 11 is 1.48. The largest absolute Gasteiger partial charge is 0.482 e. The second kappa shape index (κ2) is 7.44. The summed E-state index contributed by atoms with van der Waals surface area (Å²) in [6.45, 7) is 6.28. The molecule has 0 spiro atoms. The Balaban J connectivity index is 1.67. The van der Waals surface area contributed by atoms with Gasteiger partial charge in [-0.2, -0.15) is 0 Å². The van der Waals surface area contributed by atoms with Crippen LogP contribution in [0, 0.1) is 13.8 Å². The Morgan fingerprint density at radius 1 is 1.28 bits per heavy atom. The van der Waals surface area contributed by atoms with E-state index in [9.17, 15) is 14.4 Å². The van der Waals surface area contributed by atoms with Crippen molar-refractivity contribution in [2.75, 3.05) is 18.1 Å². The quantitative estimate of drug-likeness (QED) is 0.603. The molecular formula is C21H21N3O4S. The lowest BCUT2D eigenvalue weighted by Gasteiger charge is -2.29. The molecule has 1 aromatic carbocycles. The maximum atomic E-state index is 12.9. The highest BCUT2D eigenvalue weighted by atomic mass is 32.1. The highest BCUT2D eigenvalue weighted by molar-refractivity contribution is 7.18. The van der Waals surface area contributed by atoms with Crippen molar-refractivity contribution in [1.29, 1.82) is 0 Å². The molecule has 1 amide bonds. The molecule has 0 unspecified atom stereocenters. The van der Waals surface area contributed by atoms with Gasteiger partial charge >= 0.3 is 0 Å². The standard InChI is InChI=1S/C21H21N3O4S/c1-4-7-24-15-8-14(5-6-17(15)28-10-18(24)26)16(25)9-23-11-22-20-19(21(23)27)12(2)13(3)29-20/h5-6,8,11H,4,7,9-10H2,1-3H3. The van der Waals surface area contributed by atoms with Gasteiger partial charge < -0.3 is 9.64 Å². The number of carbonyl (C=O) groups is 2. The molecule has 3 aromatic rings. The minimum Gasteiger partial charge on any atom is -0.482 e. The van der Waals surface area contributed by atoms with Crippen LogP contribution in [-0.2, 0) is 11.3 Å². The number of amides is 1. The molecule has 0 aliphatic carbocycles. The molecule has 3 heterocycles. The topological polar surface area (TPSA) is 81.5 Å². The van der Waals surface area contributed by atoms with Crippen LogP contribution in [0.15, 0.2) is 29.3 Å². The molecule has 2 aromatic heterocycles. The number of thiophene rings is 1. The molecule has 0 radical (unpaired) electrons. The summed E-state index contributed by atoms with van der Waals surface area (Å²) in [6.07, 6.45) is 2.22. The third-order valence-electron chi connectivity index (χ3n) is 5.14. The summed E-state index contributed by atoms with van der Waals surface area (Å²) < 4.78 is 6.82. The fraction of sp³-hybridized carbons (Fsp3) is 0.333. The van der Waals surface area contributed by atoms with Crippen LogP contribution in [0.5, 0.6) is 5.75 Å². The van der Waals surface area contributed by atoms with Gasteiger partial charge in [-0.15, -0.1) is 11.3 Å². The molecule has 0 atom stereocenters.